The smallest absolute Gasteiger partial charge is 0.129 e. The lowest BCUT2D eigenvalue weighted by Gasteiger charge is -2.32. The van der Waals surface area contributed by atoms with Crippen molar-refractivity contribution in [2.75, 3.05) is 0 Å². The van der Waals surface area contributed by atoms with Gasteiger partial charge in [0.05, 0.1) is 10.0 Å². The first-order valence-corrected chi connectivity index (χ1v) is 6.60. The first kappa shape index (κ1) is 13.1. The Balaban J connectivity index is 2.43. The van der Waals surface area contributed by atoms with Gasteiger partial charge in [-0.3, -0.25) is 0 Å². The molecule has 1 aromatic rings. The molecule has 1 aliphatic rings. The van der Waals surface area contributed by atoms with Gasteiger partial charge in [0.25, 0.3) is 0 Å². The maximum Gasteiger partial charge on any atom is 0.129 e. The average molecular weight is 276 g/mol. The summed E-state index contributed by atoms with van der Waals surface area (Å²) in [4.78, 5) is 0. The summed E-state index contributed by atoms with van der Waals surface area (Å²) in [5, 5.41) is 0.618. The zero-order valence-corrected chi connectivity index (χ0v) is 11.3. The minimum atomic E-state index is -0.392. The van der Waals surface area contributed by atoms with Gasteiger partial charge in [0, 0.05) is 11.6 Å². The second-order valence-corrected chi connectivity index (χ2v) is 5.88. The molecule has 0 heterocycles. The van der Waals surface area contributed by atoms with E-state index in [1.54, 1.807) is 0 Å². The Labute approximate surface area is 111 Å². The van der Waals surface area contributed by atoms with E-state index in [9.17, 15) is 4.39 Å². The molecule has 1 nitrogen and oxygen atoms in total. The fourth-order valence-electron chi connectivity index (χ4n) is 2.67. The van der Waals surface area contributed by atoms with Crippen molar-refractivity contribution in [3.8, 4) is 0 Å². The lowest BCUT2D eigenvalue weighted by molar-refractivity contribution is 0.260. The van der Waals surface area contributed by atoms with E-state index >= 15 is 0 Å². The van der Waals surface area contributed by atoms with Gasteiger partial charge in [0.2, 0.25) is 0 Å². The number of halogens is 3. The summed E-state index contributed by atoms with van der Waals surface area (Å²) in [6.45, 7) is 2.10. The maximum atomic E-state index is 13.9. The number of nitrogens with two attached hydrogens (primary N) is 1. The van der Waals surface area contributed by atoms with E-state index in [-0.39, 0.29) is 16.3 Å². The van der Waals surface area contributed by atoms with Crippen molar-refractivity contribution >= 4 is 23.2 Å². The summed E-state index contributed by atoms with van der Waals surface area (Å²) in [5.41, 5.74) is 6.51. The highest BCUT2D eigenvalue weighted by atomic mass is 35.5. The minimum Gasteiger partial charge on any atom is -0.323 e. The monoisotopic (exact) mass is 275 g/mol. The summed E-state index contributed by atoms with van der Waals surface area (Å²) >= 11 is 12.0. The van der Waals surface area contributed by atoms with Crippen LogP contribution in [-0.4, -0.2) is 0 Å². The van der Waals surface area contributed by atoms with Gasteiger partial charge in [-0.15, -0.1) is 0 Å². The Kier molecular flexibility index (Phi) is 3.67. The molecule has 0 amide bonds. The molecule has 1 saturated carbocycles. The van der Waals surface area contributed by atoms with Crippen LogP contribution in [0.5, 0.6) is 0 Å². The Morgan fingerprint density at radius 1 is 1.29 bits per heavy atom. The minimum absolute atomic E-state index is 0.0742. The predicted octanol–water partition coefficient (Wildman–Crippen LogP) is 4.71. The zero-order chi connectivity index (χ0) is 12.6. The second kappa shape index (κ2) is 4.75. The third kappa shape index (κ3) is 2.31. The number of hydrogen-bond donors (Lipinski definition) is 1. The van der Waals surface area contributed by atoms with Gasteiger partial charge in [-0.1, -0.05) is 43.0 Å². The van der Waals surface area contributed by atoms with E-state index in [1.807, 2.05) is 0 Å². The van der Waals surface area contributed by atoms with Crippen molar-refractivity contribution in [2.45, 2.75) is 38.6 Å². The van der Waals surface area contributed by atoms with E-state index in [4.69, 9.17) is 28.9 Å². The first-order chi connectivity index (χ1) is 7.96. The summed E-state index contributed by atoms with van der Waals surface area (Å²) in [6, 6.07) is 2.41. The fraction of sp³-hybridized carbons (Fsp3) is 0.538. The Bertz CT molecular complexity index is 428. The molecule has 1 aliphatic carbocycles. The molecule has 0 aromatic heterocycles. The molecule has 0 bridgehead atoms. The highest BCUT2D eigenvalue weighted by Gasteiger charge is 2.38. The van der Waals surface area contributed by atoms with Gasteiger partial charge >= 0.3 is 0 Å². The Hall–Kier alpha value is -0.310. The van der Waals surface area contributed by atoms with E-state index in [2.05, 4.69) is 6.92 Å². The van der Waals surface area contributed by atoms with Crippen LogP contribution >= 0.6 is 23.2 Å². The maximum absolute atomic E-state index is 13.9. The third-order valence-corrected chi connectivity index (χ3v) is 4.71. The summed E-state index contributed by atoms with van der Waals surface area (Å²) in [5.74, 6) is -0.361. The molecule has 0 aliphatic heterocycles. The van der Waals surface area contributed by atoms with Crippen LogP contribution in [0.2, 0.25) is 10.0 Å². The molecular formula is C13H16Cl2FN. The van der Waals surface area contributed by atoms with Crippen molar-refractivity contribution < 1.29 is 4.39 Å². The van der Waals surface area contributed by atoms with Gasteiger partial charge in [-0.25, -0.2) is 4.39 Å². The van der Waals surface area contributed by atoms with Crippen molar-refractivity contribution in [3.05, 3.63) is 33.6 Å². The van der Waals surface area contributed by atoms with Crippen LogP contribution in [0.1, 0.15) is 44.2 Å². The normalized spacial score (nSPS) is 20.5. The van der Waals surface area contributed by atoms with Crippen molar-refractivity contribution in [3.63, 3.8) is 0 Å². The molecular weight excluding hydrogens is 260 g/mol. The first-order valence-electron chi connectivity index (χ1n) is 5.85. The summed E-state index contributed by atoms with van der Waals surface area (Å²) < 4.78 is 13.9. The van der Waals surface area contributed by atoms with Crippen LogP contribution in [0.4, 0.5) is 4.39 Å². The lowest BCUT2D eigenvalue weighted by Crippen LogP contribution is -2.30. The van der Waals surface area contributed by atoms with Crippen LogP contribution in [0.3, 0.4) is 0 Å². The predicted molar refractivity (Wildman–Crippen MR) is 69.9 cm³/mol. The fourth-order valence-corrected chi connectivity index (χ4v) is 3.11. The SMILES string of the molecule is CC1(C(N)c2c(F)ccc(Cl)c2Cl)CCCC1. The number of benzene rings is 1. The molecule has 2 N–H and O–H groups in total. The van der Waals surface area contributed by atoms with Crippen molar-refractivity contribution in [2.24, 2.45) is 11.1 Å². The van der Waals surface area contributed by atoms with Crippen molar-refractivity contribution in [1.29, 1.82) is 0 Å². The lowest BCUT2D eigenvalue weighted by atomic mass is 9.77. The third-order valence-electron chi connectivity index (χ3n) is 3.89. The zero-order valence-electron chi connectivity index (χ0n) is 9.77. The van der Waals surface area contributed by atoms with E-state index in [0.29, 0.717) is 10.6 Å². The molecule has 0 radical (unpaired) electrons. The molecule has 0 saturated heterocycles. The Morgan fingerprint density at radius 3 is 2.47 bits per heavy atom. The van der Waals surface area contributed by atoms with E-state index < -0.39 is 6.04 Å². The standard InChI is InChI=1S/C13H16Cl2FN/c1-13(6-2-3-7-13)12(17)10-9(16)5-4-8(14)11(10)15/h4-5,12H,2-3,6-7,17H2,1H3. The molecule has 0 spiro atoms. The highest BCUT2D eigenvalue weighted by molar-refractivity contribution is 6.42. The van der Waals surface area contributed by atoms with Crippen LogP contribution < -0.4 is 5.73 Å². The molecule has 4 heteroatoms. The summed E-state index contributed by atoms with van der Waals surface area (Å²) in [6.07, 6.45) is 4.31. The van der Waals surface area contributed by atoms with Gasteiger partial charge in [0.15, 0.2) is 0 Å². The number of rotatable bonds is 2. The summed E-state index contributed by atoms with van der Waals surface area (Å²) in [7, 11) is 0. The molecule has 2 rings (SSSR count). The van der Waals surface area contributed by atoms with E-state index in [0.717, 1.165) is 25.7 Å². The van der Waals surface area contributed by atoms with E-state index in [1.165, 1.54) is 12.1 Å². The van der Waals surface area contributed by atoms with Crippen LogP contribution in [-0.2, 0) is 0 Å². The van der Waals surface area contributed by atoms with Gasteiger partial charge < -0.3 is 5.73 Å². The quantitative estimate of drug-likeness (QED) is 0.777. The molecule has 1 aromatic carbocycles. The van der Waals surface area contributed by atoms with Gasteiger partial charge in [0.1, 0.15) is 5.82 Å². The average Bonchev–Trinajstić information content (AvgIpc) is 2.72. The number of hydrogen-bond acceptors (Lipinski definition) is 1. The van der Waals surface area contributed by atoms with Crippen LogP contribution in [0.25, 0.3) is 0 Å². The van der Waals surface area contributed by atoms with Crippen molar-refractivity contribution in [1.82, 2.24) is 0 Å². The topological polar surface area (TPSA) is 26.0 Å². The van der Waals surface area contributed by atoms with Gasteiger partial charge in [-0.05, 0) is 30.4 Å². The Morgan fingerprint density at radius 2 is 1.88 bits per heavy atom. The molecule has 1 unspecified atom stereocenters. The van der Waals surface area contributed by atoms with Crippen LogP contribution in [0, 0.1) is 11.2 Å². The van der Waals surface area contributed by atoms with Gasteiger partial charge in [-0.2, -0.15) is 0 Å². The highest BCUT2D eigenvalue weighted by Crippen LogP contribution is 2.48. The molecule has 1 fully saturated rings. The molecule has 17 heavy (non-hydrogen) atoms. The molecule has 1 atom stereocenters. The second-order valence-electron chi connectivity index (χ2n) is 5.10. The largest absolute Gasteiger partial charge is 0.323 e. The molecule has 94 valence electrons. The van der Waals surface area contributed by atoms with Crippen LogP contribution in [0.15, 0.2) is 12.1 Å².